The van der Waals surface area contributed by atoms with E-state index in [1.807, 2.05) is 60.4 Å². The minimum absolute atomic E-state index is 0.323. The number of allylic oxidation sites excluding steroid dienone is 1. The van der Waals surface area contributed by atoms with Gasteiger partial charge in [-0.1, -0.05) is 66.7 Å². The molecule has 1 aromatic heterocycles. The molecule has 7 heteroatoms. The molecule has 3 aromatic carbocycles. The van der Waals surface area contributed by atoms with Gasteiger partial charge >= 0.3 is 0 Å². The van der Waals surface area contributed by atoms with E-state index in [-0.39, 0.29) is 5.82 Å². The average Bonchev–Trinajstić information content (AvgIpc) is 3.34. The molecule has 0 saturated heterocycles. The molecule has 0 saturated carbocycles. The molecule has 5 rings (SSSR count). The van der Waals surface area contributed by atoms with Crippen molar-refractivity contribution in [3.8, 4) is 11.4 Å². The summed E-state index contributed by atoms with van der Waals surface area (Å²) in [5.74, 6) is 0.523. The number of thiocarbonyl (C=S) groups is 1. The number of halogens is 1. The number of nitrogens with zero attached hydrogens (tertiary/aromatic N) is 3. The predicted molar refractivity (Wildman–Crippen MR) is 136 cm³/mol. The van der Waals surface area contributed by atoms with Crippen molar-refractivity contribution in [2.75, 3.05) is 4.90 Å². The Morgan fingerprint density at radius 3 is 2.59 bits per heavy atom. The molecule has 0 radical (unpaired) electrons. The van der Waals surface area contributed by atoms with E-state index in [4.69, 9.17) is 21.7 Å². The fourth-order valence-electron chi connectivity index (χ4n) is 4.22. The van der Waals surface area contributed by atoms with Crippen molar-refractivity contribution < 1.29 is 8.91 Å². The number of aryl methyl sites for hydroxylation is 1. The summed E-state index contributed by atoms with van der Waals surface area (Å²) in [5.41, 5.74) is 5.30. The van der Waals surface area contributed by atoms with E-state index < -0.39 is 6.04 Å². The van der Waals surface area contributed by atoms with Gasteiger partial charge in [0, 0.05) is 16.9 Å². The van der Waals surface area contributed by atoms with Crippen LogP contribution in [0.15, 0.2) is 89.1 Å². The lowest BCUT2D eigenvalue weighted by atomic mass is 9.94. The van der Waals surface area contributed by atoms with Crippen LogP contribution in [0.5, 0.6) is 0 Å². The van der Waals surface area contributed by atoms with Gasteiger partial charge in [-0.2, -0.15) is 4.98 Å². The Hall–Kier alpha value is -3.84. The van der Waals surface area contributed by atoms with Crippen molar-refractivity contribution in [3.63, 3.8) is 0 Å². The van der Waals surface area contributed by atoms with Crippen LogP contribution in [0.4, 0.5) is 10.1 Å². The quantitative estimate of drug-likeness (QED) is 0.345. The minimum Gasteiger partial charge on any atom is -0.351 e. The summed E-state index contributed by atoms with van der Waals surface area (Å²) in [6.45, 7) is 4.09. The summed E-state index contributed by atoms with van der Waals surface area (Å²) in [7, 11) is 0. The fraction of sp³-hybridized carbons (Fsp3) is 0.148. The fourth-order valence-corrected chi connectivity index (χ4v) is 4.58. The monoisotopic (exact) mass is 470 g/mol. The molecule has 0 amide bonds. The zero-order chi connectivity index (χ0) is 23.7. The lowest BCUT2D eigenvalue weighted by molar-refractivity contribution is 0.404. The molecule has 1 atom stereocenters. The highest BCUT2D eigenvalue weighted by molar-refractivity contribution is 7.80. The smallest absolute Gasteiger partial charge is 0.258 e. The maximum Gasteiger partial charge on any atom is 0.258 e. The van der Waals surface area contributed by atoms with Gasteiger partial charge in [0.05, 0.1) is 11.6 Å². The van der Waals surface area contributed by atoms with Crippen LogP contribution in [0, 0.1) is 5.82 Å². The average molecular weight is 471 g/mol. The Kier molecular flexibility index (Phi) is 5.94. The van der Waals surface area contributed by atoms with Crippen LogP contribution >= 0.6 is 12.2 Å². The van der Waals surface area contributed by atoms with Gasteiger partial charge in [-0.15, -0.1) is 0 Å². The van der Waals surface area contributed by atoms with Crippen LogP contribution in [-0.2, 0) is 6.42 Å². The minimum atomic E-state index is -0.446. The topological polar surface area (TPSA) is 54.2 Å². The highest BCUT2D eigenvalue weighted by Crippen LogP contribution is 2.39. The van der Waals surface area contributed by atoms with Crippen molar-refractivity contribution in [2.45, 2.75) is 26.3 Å². The van der Waals surface area contributed by atoms with Crippen molar-refractivity contribution in [1.29, 1.82) is 0 Å². The van der Waals surface area contributed by atoms with Gasteiger partial charge in [0.15, 0.2) is 5.11 Å². The largest absolute Gasteiger partial charge is 0.351 e. The van der Waals surface area contributed by atoms with Crippen molar-refractivity contribution in [3.05, 3.63) is 107 Å². The van der Waals surface area contributed by atoms with Crippen LogP contribution in [0.2, 0.25) is 0 Å². The second-order valence-corrected chi connectivity index (χ2v) is 8.47. The first-order valence-electron chi connectivity index (χ1n) is 11.1. The number of aromatic nitrogens is 2. The standard InChI is InChI=1S/C27H23FN4OS/c1-3-18-9-7-14-22(15-18)32-17(2)23(24(29-27(32)34)20-12-8-13-21(28)16-20)26-30-25(31-33-26)19-10-5-4-6-11-19/h4-16,24H,3H2,1-2H3,(H,29,34). The highest BCUT2D eigenvalue weighted by Gasteiger charge is 2.35. The molecule has 0 spiro atoms. The molecular weight excluding hydrogens is 447 g/mol. The Morgan fingerprint density at radius 2 is 1.82 bits per heavy atom. The van der Waals surface area contributed by atoms with E-state index in [0.29, 0.717) is 16.8 Å². The normalized spacial score (nSPS) is 16.0. The Morgan fingerprint density at radius 1 is 1.03 bits per heavy atom. The summed E-state index contributed by atoms with van der Waals surface area (Å²) >= 11 is 5.78. The van der Waals surface area contributed by atoms with Crippen LogP contribution in [0.3, 0.4) is 0 Å². The van der Waals surface area contributed by atoms with Crippen LogP contribution in [0.1, 0.15) is 36.9 Å². The summed E-state index contributed by atoms with van der Waals surface area (Å²) < 4.78 is 19.9. The molecule has 1 unspecified atom stereocenters. The summed E-state index contributed by atoms with van der Waals surface area (Å²) in [6, 6.07) is 23.9. The first-order chi connectivity index (χ1) is 16.5. The molecule has 0 aliphatic carbocycles. The van der Waals surface area contributed by atoms with E-state index in [1.165, 1.54) is 17.7 Å². The number of hydrogen-bond donors (Lipinski definition) is 1. The van der Waals surface area contributed by atoms with Crippen LogP contribution in [0.25, 0.3) is 17.0 Å². The van der Waals surface area contributed by atoms with E-state index in [1.54, 1.807) is 6.07 Å². The summed E-state index contributed by atoms with van der Waals surface area (Å²) in [5, 5.41) is 8.11. The molecule has 1 aliphatic heterocycles. The second-order valence-electron chi connectivity index (χ2n) is 8.08. The van der Waals surface area contributed by atoms with Crippen LogP contribution in [-0.4, -0.2) is 15.3 Å². The SMILES string of the molecule is CCc1cccc(N2C(=S)NC(c3cccc(F)c3)C(c3nc(-c4ccccc4)no3)=C2C)c1. The predicted octanol–water partition coefficient (Wildman–Crippen LogP) is 6.31. The second kappa shape index (κ2) is 9.19. The third-order valence-electron chi connectivity index (χ3n) is 5.93. The van der Waals surface area contributed by atoms with Gasteiger partial charge in [-0.25, -0.2) is 4.39 Å². The Balaban J connectivity index is 1.67. The van der Waals surface area contributed by atoms with Gasteiger partial charge in [-0.05, 0) is 61.0 Å². The van der Waals surface area contributed by atoms with E-state index in [9.17, 15) is 4.39 Å². The molecule has 34 heavy (non-hydrogen) atoms. The number of rotatable bonds is 5. The first kappa shape index (κ1) is 22.0. The first-order valence-corrected chi connectivity index (χ1v) is 11.5. The summed E-state index contributed by atoms with van der Waals surface area (Å²) in [4.78, 5) is 6.66. The van der Waals surface area contributed by atoms with E-state index in [2.05, 4.69) is 29.5 Å². The van der Waals surface area contributed by atoms with Gasteiger partial charge < -0.3 is 9.84 Å². The molecule has 5 nitrogen and oxygen atoms in total. The third kappa shape index (κ3) is 4.10. The maximum absolute atomic E-state index is 14.2. The zero-order valence-corrected chi connectivity index (χ0v) is 19.6. The number of benzene rings is 3. The molecule has 170 valence electrons. The Bertz CT molecular complexity index is 1380. The zero-order valence-electron chi connectivity index (χ0n) is 18.8. The number of anilines is 1. The molecule has 2 heterocycles. The molecule has 0 bridgehead atoms. The molecule has 4 aromatic rings. The molecule has 1 aliphatic rings. The highest BCUT2D eigenvalue weighted by atomic mass is 32.1. The van der Waals surface area contributed by atoms with Crippen LogP contribution < -0.4 is 10.2 Å². The van der Waals surface area contributed by atoms with Gasteiger partial charge in [-0.3, -0.25) is 4.90 Å². The van der Waals surface area contributed by atoms with E-state index in [0.717, 1.165) is 34.5 Å². The molecule has 1 N–H and O–H groups in total. The van der Waals surface area contributed by atoms with E-state index >= 15 is 0 Å². The molecular formula is C27H23FN4OS. The van der Waals surface area contributed by atoms with Gasteiger partial charge in [0.25, 0.3) is 5.89 Å². The van der Waals surface area contributed by atoms with Gasteiger partial charge in [0.2, 0.25) is 5.82 Å². The number of nitrogens with one attached hydrogen (secondary N) is 1. The third-order valence-corrected chi connectivity index (χ3v) is 6.23. The molecule has 0 fully saturated rings. The van der Waals surface area contributed by atoms with Crippen molar-refractivity contribution >= 4 is 28.6 Å². The van der Waals surface area contributed by atoms with Crippen molar-refractivity contribution in [1.82, 2.24) is 15.5 Å². The lowest BCUT2D eigenvalue weighted by Crippen LogP contribution is -2.46. The van der Waals surface area contributed by atoms with Crippen molar-refractivity contribution in [2.24, 2.45) is 0 Å². The number of hydrogen-bond acceptors (Lipinski definition) is 4. The van der Waals surface area contributed by atoms with Gasteiger partial charge in [0.1, 0.15) is 5.82 Å². The maximum atomic E-state index is 14.2. The Labute approximate surface area is 202 Å². The lowest BCUT2D eigenvalue weighted by Gasteiger charge is -2.37. The summed E-state index contributed by atoms with van der Waals surface area (Å²) in [6.07, 6.45) is 0.910.